The molecule has 14 heavy (non-hydrogen) atoms. The monoisotopic (exact) mass is 207 g/mol. The smallest absolute Gasteiger partial charge is 0.392 e. The fourth-order valence-electron chi connectivity index (χ4n) is 0.888. The van der Waals surface area contributed by atoms with Crippen molar-refractivity contribution in [1.82, 2.24) is 9.97 Å². The van der Waals surface area contributed by atoms with Gasteiger partial charge in [-0.05, 0) is 0 Å². The van der Waals surface area contributed by atoms with E-state index in [-0.39, 0.29) is 11.5 Å². The Bertz CT molecular complexity index is 326. The number of halogens is 3. The molecule has 0 radical (unpaired) electrons. The summed E-state index contributed by atoms with van der Waals surface area (Å²) in [6.45, 7) is -0.737. The molecule has 1 heterocycles. The van der Waals surface area contributed by atoms with Gasteiger partial charge in [-0.25, -0.2) is 9.97 Å². The van der Waals surface area contributed by atoms with Crippen LogP contribution in [0.2, 0.25) is 0 Å². The first-order chi connectivity index (χ1) is 6.49. The second-order valence-electron chi connectivity index (χ2n) is 2.47. The first-order valence-corrected chi connectivity index (χ1v) is 3.70. The van der Waals surface area contributed by atoms with Crippen molar-refractivity contribution in [3.8, 4) is 0 Å². The van der Waals surface area contributed by atoms with Gasteiger partial charge < -0.3 is 10.4 Å². The number of alkyl halides is 3. The molecule has 0 aliphatic carbocycles. The maximum Gasteiger partial charge on any atom is 0.433 e. The summed E-state index contributed by atoms with van der Waals surface area (Å²) < 4.78 is 37.0. The highest BCUT2D eigenvalue weighted by Gasteiger charge is 2.35. The number of nitrogens with one attached hydrogen (secondary N) is 1. The summed E-state index contributed by atoms with van der Waals surface area (Å²) in [6.07, 6.45) is -3.63. The van der Waals surface area contributed by atoms with E-state index in [0.717, 1.165) is 6.20 Å². The number of anilines is 1. The molecule has 2 N–H and O–H groups in total. The number of rotatable bonds is 2. The molecule has 1 aromatic heterocycles. The van der Waals surface area contributed by atoms with Crippen molar-refractivity contribution >= 4 is 5.95 Å². The third-order valence-corrected chi connectivity index (χ3v) is 1.53. The average molecular weight is 207 g/mol. The van der Waals surface area contributed by atoms with Gasteiger partial charge in [0.1, 0.15) is 0 Å². The van der Waals surface area contributed by atoms with Gasteiger partial charge in [-0.3, -0.25) is 0 Å². The Kier molecular flexibility index (Phi) is 2.90. The summed E-state index contributed by atoms with van der Waals surface area (Å²) >= 11 is 0. The molecular weight excluding hydrogens is 199 g/mol. The first-order valence-electron chi connectivity index (χ1n) is 3.70. The molecule has 0 fully saturated rings. The van der Waals surface area contributed by atoms with Gasteiger partial charge in [0.25, 0.3) is 0 Å². The van der Waals surface area contributed by atoms with Crippen molar-refractivity contribution in [2.24, 2.45) is 0 Å². The molecular formula is C7H8F3N3O. The van der Waals surface area contributed by atoms with E-state index in [1.54, 1.807) is 0 Å². The standard InChI is InChI=1S/C7H8F3N3O/c1-11-6-12-2-4(3-14)5(13-6)7(8,9)10/h2,14H,3H2,1H3,(H,11,12,13). The number of hydrogen-bond acceptors (Lipinski definition) is 4. The molecule has 0 aliphatic rings. The summed E-state index contributed by atoms with van der Waals surface area (Å²) in [5.41, 5.74) is -1.45. The lowest BCUT2D eigenvalue weighted by Crippen LogP contribution is -2.14. The number of nitrogens with zero attached hydrogens (tertiary/aromatic N) is 2. The van der Waals surface area contributed by atoms with E-state index in [1.807, 2.05) is 0 Å². The van der Waals surface area contributed by atoms with Gasteiger partial charge in [-0.2, -0.15) is 13.2 Å². The lowest BCUT2D eigenvalue weighted by molar-refractivity contribution is -0.142. The molecule has 78 valence electrons. The van der Waals surface area contributed by atoms with Crippen LogP contribution in [0, 0.1) is 0 Å². The zero-order chi connectivity index (χ0) is 10.8. The Balaban J connectivity index is 3.22. The van der Waals surface area contributed by atoms with Crippen molar-refractivity contribution in [2.45, 2.75) is 12.8 Å². The molecule has 4 nitrogen and oxygen atoms in total. The summed E-state index contributed by atoms with van der Waals surface area (Å²) in [4.78, 5) is 6.79. The Hall–Kier alpha value is -1.37. The van der Waals surface area contributed by atoms with Gasteiger partial charge in [-0.1, -0.05) is 0 Å². The second kappa shape index (κ2) is 3.79. The van der Waals surface area contributed by atoms with Crippen molar-refractivity contribution in [3.05, 3.63) is 17.5 Å². The summed E-state index contributed by atoms with van der Waals surface area (Å²) in [5.74, 6) is -0.130. The van der Waals surface area contributed by atoms with E-state index in [9.17, 15) is 13.2 Å². The molecule has 7 heteroatoms. The van der Waals surface area contributed by atoms with Gasteiger partial charge >= 0.3 is 6.18 Å². The number of aliphatic hydroxyl groups excluding tert-OH is 1. The van der Waals surface area contributed by atoms with Crippen LogP contribution >= 0.6 is 0 Å². The van der Waals surface area contributed by atoms with Crippen LogP contribution in [-0.4, -0.2) is 22.1 Å². The molecule has 1 aromatic rings. The molecule has 0 saturated heterocycles. The van der Waals surface area contributed by atoms with Crippen molar-refractivity contribution in [2.75, 3.05) is 12.4 Å². The van der Waals surface area contributed by atoms with Gasteiger partial charge in [-0.15, -0.1) is 0 Å². The van der Waals surface area contributed by atoms with Gasteiger partial charge in [0, 0.05) is 18.8 Å². The molecule has 0 amide bonds. The summed E-state index contributed by atoms with van der Waals surface area (Å²) in [5, 5.41) is 11.0. The number of aromatic nitrogens is 2. The Morgan fingerprint density at radius 1 is 1.50 bits per heavy atom. The molecule has 1 rings (SSSR count). The van der Waals surface area contributed by atoms with Crippen LogP contribution < -0.4 is 5.32 Å². The van der Waals surface area contributed by atoms with E-state index in [4.69, 9.17) is 5.11 Å². The van der Waals surface area contributed by atoms with Crippen LogP contribution in [0.1, 0.15) is 11.3 Å². The zero-order valence-corrected chi connectivity index (χ0v) is 7.26. The SMILES string of the molecule is CNc1ncc(CO)c(C(F)(F)F)n1. The fourth-order valence-corrected chi connectivity index (χ4v) is 0.888. The minimum Gasteiger partial charge on any atom is -0.392 e. The predicted octanol–water partition coefficient (Wildman–Crippen LogP) is 1.03. The molecule has 0 bridgehead atoms. The first kappa shape index (κ1) is 10.7. The second-order valence-corrected chi connectivity index (χ2v) is 2.47. The zero-order valence-electron chi connectivity index (χ0n) is 7.26. The molecule has 0 unspecified atom stereocenters. The lowest BCUT2D eigenvalue weighted by atomic mass is 10.2. The largest absolute Gasteiger partial charge is 0.433 e. The predicted molar refractivity (Wildman–Crippen MR) is 42.5 cm³/mol. The normalized spacial score (nSPS) is 11.5. The van der Waals surface area contributed by atoms with Crippen molar-refractivity contribution in [1.29, 1.82) is 0 Å². The topological polar surface area (TPSA) is 58.0 Å². The van der Waals surface area contributed by atoms with Crippen molar-refractivity contribution < 1.29 is 18.3 Å². The van der Waals surface area contributed by atoms with Gasteiger partial charge in [0.15, 0.2) is 5.69 Å². The minimum atomic E-state index is -4.58. The van der Waals surface area contributed by atoms with E-state index in [1.165, 1.54) is 7.05 Å². The van der Waals surface area contributed by atoms with Gasteiger partial charge in [0.2, 0.25) is 5.95 Å². The van der Waals surface area contributed by atoms with Crippen LogP contribution in [0.3, 0.4) is 0 Å². The number of aliphatic hydroxyl groups is 1. The number of hydrogen-bond donors (Lipinski definition) is 2. The highest BCUT2D eigenvalue weighted by molar-refractivity contribution is 5.29. The highest BCUT2D eigenvalue weighted by Crippen LogP contribution is 2.30. The van der Waals surface area contributed by atoms with E-state index >= 15 is 0 Å². The van der Waals surface area contributed by atoms with E-state index in [0.29, 0.717) is 0 Å². The maximum absolute atomic E-state index is 12.3. The fraction of sp³-hybridized carbons (Fsp3) is 0.429. The quantitative estimate of drug-likeness (QED) is 0.760. The van der Waals surface area contributed by atoms with E-state index in [2.05, 4.69) is 15.3 Å². The maximum atomic E-state index is 12.3. The average Bonchev–Trinajstić information content (AvgIpc) is 2.15. The van der Waals surface area contributed by atoms with E-state index < -0.39 is 18.5 Å². The Labute approximate surface area is 77.8 Å². The summed E-state index contributed by atoms with van der Waals surface area (Å²) in [7, 11) is 1.41. The van der Waals surface area contributed by atoms with Crippen molar-refractivity contribution in [3.63, 3.8) is 0 Å². The Morgan fingerprint density at radius 3 is 2.57 bits per heavy atom. The Morgan fingerprint density at radius 2 is 2.14 bits per heavy atom. The van der Waals surface area contributed by atoms with Crippen LogP contribution in [0.25, 0.3) is 0 Å². The molecule has 0 spiro atoms. The van der Waals surface area contributed by atoms with Gasteiger partial charge in [0.05, 0.1) is 6.61 Å². The summed E-state index contributed by atoms with van der Waals surface area (Å²) in [6, 6.07) is 0. The van der Waals surface area contributed by atoms with Crippen LogP contribution in [0.5, 0.6) is 0 Å². The minimum absolute atomic E-state index is 0.130. The highest BCUT2D eigenvalue weighted by atomic mass is 19.4. The lowest BCUT2D eigenvalue weighted by Gasteiger charge is -2.10. The third kappa shape index (κ3) is 2.11. The van der Waals surface area contributed by atoms with Crippen LogP contribution in [0.15, 0.2) is 6.20 Å². The molecule has 0 aliphatic heterocycles. The molecule has 0 atom stereocenters. The third-order valence-electron chi connectivity index (χ3n) is 1.53. The molecule has 0 aromatic carbocycles. The molecule has 0 saturated carbocycles. The van der Waals surface area contributed by atoms with Crippen LogP contribution in [-0.2, 0) is 12.8 Å². The van der Waals surface area contributed by atoms with Crippen LogP contribution in [0.4, 0.5) is 19.1 Å².